The fourth-order valence-corrected chi connectivity index (χ4v) is 1.90. The van der Waals surface area contributed by atoms with E-state index in [0.717, 1.165) is 16.8 Å². The lowest BCUT2D eigenvalue weighted by atomic mass is 10.1. The standard InChI is InChI=1S/C16H18N4O/c1-4-8-17-15(21)13-9-18-16(19-10-13)20-14-11(2)6-5-7-12(14)3/h4-7,9-10H,1,8H2,2-3H3,(H,17,21)(H,18,19,20). The first-order chi connectivity index (χ1) is 10.1. The number of nitrogens with zero attached hydrogens (tertiary/aromatic N) is 2. The second-order valence-corrected chi connectivity index (χ2v) is 4.69. The minimum atomic E-state index is -0.214. The van der Waals surface area contributed by atoms with E-state index < -0.39 is 0 Å². The minimum absolute atomic E-state index is 0.214. The van der Waals surface area contributed by atoms with Crippen molar-refractivity contribution in [2.75, 3.05) is 11.9 Å². The van der Waals surface area contributed by atoms with Crippen molar-refractivity contribution in [2.24, 2.45) is 0 Å². The number of hydrogen-bond donors (Lipinski definition) is 2. The number of carbonyl (C=O) groups is 1. The summed E-state index contributed by atoms with van der Waals surface area (Å²) < 4.78 is 0. The van der Waals surface area contributed by atoms with Crippen molar-refractivity contribution in [3.05, 3.63) is 59.9 Å². The zero-order chi connectivity index (χ0) is 15.2. The van der Waals surface area contributed by atoms with Crippen molar-refractivity contribution < 1.29 is 4.79 Å². The van der Waals surface area contributed by atoms with E-state index in [2.05, 4.69) is 27.2 Å². The first-order valence-corrected chi connectivity index (χ1v) is 6.66. The molecule has 0 aliphatic carbocycles. The van der Waals surface area contributed by atoms with Crippen LogP contribution in [0.15, 0.2) is 43.2 Å². The number of para-hydroxylation sites is 1. The van der Waals surface area contributed by atoms with Gasteiger partial charge in [0.2, 0.25) is 5.95 Å². The van der Waals surface area contributed by atoms with Gasteiger partial charge in [-0.3, -0.25) is 4.79 Å². The molecule has 0 radical (unpaired) electrons. The van der Waals surface area contributed by atoms with E-state index in [0.29, 0.717) is 18.1 Å². The van der Waals surface area contributed by atoms with Crippen LogP contribution in [0.2, 0.25) is 0 Å². The minimum Gasteiger partial charge on any atom is -0.348 e. The van der Waals surface area contributed by atoms with Crippen LogP contribution in [0.1, 0.15) is 21.5 Å². The van der Waals surface area contributed by atoms with Crippen molar-refractivity contribution in [1.29, 1.82) is 0 Å². The van der Waals surface area contributed by atoms with Crippen LogP contribution in [0, 0.1) is 13.8 Å². The number of carbonyl (C=O) groups excluding carboxylic acids is 1. The highest BCUT2D eigenvalue weighted by Crippen LogP contribution is 2.22. The zero-order valence-electron chi connectivity index (χ0n) is 12.2. The molecule has 5 nitrogen and oxygen atoms in total. The van der Waals surface area contributed by atoms with E-state index in [4.69, 9.17) is 0 Å². The number of hydrogen-bond acceptors (Lipinski definition) is 4. The first-order valence-electron chi connectivity index (χ1n) is 6.66. The summed E-state index contributed by atoms with van der Waals surface area (Å²) in [5, 5.41) is 5.86. The smallest absolute Gasteiger partial charge is 0.254 e. The van der Waals surface area contributed by atoms with E-state index in [1.54, 1.807) is 6.08 Å². The Labute approximate surface area is 124 Å². The molecule has 0 atom stereocenters. The molecule has 0 saturated carbocycles. The van der Waals surface area contributed by atoms with E-state index in [-0.39, 0.29) is 5.91 Å². The van der Waals surface area contributed by atoms with Crippen molar-refractivity contribution >= 4 is 17.5 Å². The lowest BCUT2D eigenvalue weighted by Crippen LogP contribution is -2.23. The molecule has 0 spiro atoms. The van der Waals surface area contributed by atoms with Crippen molar-refractivity contribution in [2.45, 2.75) is 13.8 Å². The Balaban J connectivity index is 2.12. The lowest BCUT2D eigenvalue weighted by molar-refractivity contribution is 0.0957. The van der Waals surface area contributed by atoms with E-state index in [9.17, 15) is 4.79 Å². The lowest BCUT2D eigenvalue weighted by Gasteiger charge is -2.11. The molecule has 0 aliphatic heterocycles. The molecular weight excluding hydrogens is 264 g/mol. The molecule has 0 fully saturated rings. The Bertz CT molecular complexity index is 630. The van der Waals surface area contributed by atoms with E-state index >= 15 is 0 Å². The predicted octanol–water partition coefficient (Wildman–Crippen LogP) is 2.75. The Kier molecular flexibility index (Phi) is 4.66. The summed E-state index contributed by atoms with van der Waals surface area (Å²) in [5.74, 6) is 0.251. The number of anilines is 2. The van der Waals surface area contributed by atoms with Crippen LogP contribution in [-0.4, -0.2) is 22.4 Å². The highest BCUT2D eigenvalue weighted by molar-refractivity contribution is 5.93. The molecule has 0 unspecified atom stereocenters. The van der Waals surface area contributed by atoms with Gasteiger partial charge >= 0.3 is 0 Å². The van der Waals surface area contributed by atoms with Gasteiger partial charge in [-0.2, -0.15) is 0 Å². The third-order valence-electron chi connectivity index (χ3n) is 3.04. The summed E-state index contributed by atoms with van der Waals surface area (Å²) in [6.07, 6.45) is 4.62. The number of aromatic nitrogens is 2. The van der Waals surface area contributed by atoms with Crippen LogP contribution >= 0.6 is 0 Å². The van der Waals surface area contributed by atoms with Gasteiger partial charge in [0.1, 0.15) is 0 Å². The largest absolute Gasteiger partial charge is 0.348 e. The highest BCUT2D eigenvalue weighted by Gasteiger charge is 2.07. The maximum Gasteiger partial charge on any atom is 0.254 e. The van der Waals surface area contributed by atoms with Gasteiger partial charge in [-0.1, -0.05) is 24.3 Å². The molecule has 5 heteroatoms. The number of benzene rings is 1. The van der Waals surface area contributed by atoms with Gasteiger partial charge in [-0.25, -0.2) is 9.97 Å². The summed E-state index contributed by atoms with van der Waals surface area (Å²) in [4.78, 5) is 20.1. The van der Waals surface area contributed by atoms with Crippen LogP contribution in [0.5, 0.6) is 0 Å². The van der Waals surface area contributed by atoms with Crippen molar-refractivity contribution in [1.82, 2.24) is 15.3 Å². The third-order valence-corrected chi connectivity index (χ3v) is 3.04. The van der Waals surface area contributed by atoms with Crippen LogP contribution in [0.4, 0.5) is 11.6 Å². The van der Waals surface area contributed by atoms with Crippen LogP contribution in [0.25, 0.3) is 0 Å². The molecular formula is C16H18N4O. The molecule has 0 bridgehead atoms. The molecule has 108 valence electrons. The van der Waals surface area contributed by atoms with Gasteiger partial charge in [0.05, 0.1) is 5.56 Å². The molecule has 2 rings (SSSR count). The molecule has 1 heterocycles. The van der Waals surface area contributed by atoms with Gasteiger partial charge in [0.15, 0.2) is 0 Å². The second kappa shape index (κ2) is 6.65. The van der Waals surface area contributed by atoms with Gasteiger partial charge in [0.25, 0.3) is 5.91 Å². The molecule has 0 aliphatic rings. The van der Waals surface area contributed by atoms with Crippen LogP contribution < -0.4 is 10.6 Å². The fourth-order valence-electron chi connectivity index (χ4n) is 1.90. The van der Waals surface area contributed by atoms with Crippen LogP contribution in [0.3, 0.4) is 0 Å². The summed E-state index contributed by atoms with van der Waals surface area (Å²) in [6.45, 7) is 8.01. The second-order valence-electron chi connectivity index (χ2n) is 4.69. The SMILES string of the molecule is C=CCNC(=O)c1cnc(Nc2c(C)cccc2C)nc1. The summed E-state index contributed by atoms with van der Waals surface area (Å²) in [6, 6.07) is 6.04. The topological polar surface area (TPSA) is 66.9 Å². The maximum atomic E-state index is 11.7. The Morgan fingerprint density at radius 3 is 2.43 bits per heavy atom. The molecule has 2 N–H and O–H groups in total. The summed E-state index contributed by atoms with van der Waals surface area (Å²) in [7, 11) is 0. The number of rotatable bonds is 5. The quantitative estimate of drug-likeness (QED) is 0.827. The van der Waals surface area contributed by atoms with Gasteiger partial charge in [-0.15, -0.1) is 6.58 Å². The van der Waals surface area contributed by atoms with E-state index in [1.807, 2.05) is 32.0 Å². The number of nitrogens with one attached hydrogen (secondary N) is 2. The Morgan fingerprint density at radius 2 is 1.86 bits per heavy atom. The Hall–Kier alpha value is -2.69. The number of amides is 1. The molecule has 1 amide bonds. The normalized spacial score (nSPS) is 10.0. The number of aryl methyl sites for hydroxylation is 2. The van der Waals surface area contributed by atoms with Crippen molar-refractivity contribution in [3.8, 4) is 0 Å². The van der Waals surface area contributed by atoms with Gasteiger partial charge < -0.3 is 10.6 Å². The highest BCUT2D eigenvalue weighted by atomic mass is 16.1. The Morgan fingerprint density at radius 1 is 1.24 bits per heavy atom. The van der Waals surface area contributed by atoms with Crippen LogP contribution in [-0.2, 0) is 0 Å². The third kappa shape index (κ3) is 3.66. The average molecular weight is 282 g/mol. The molecule has 1 aromatic heterocycles. The zero-order valence-corrected chi connectivity index (χ0v) is 12.2. The molecule has 21 heavy (non-hydrogen) atoms. The van der Waals surface area contributed by atoms with Gasteiger partial charge in [0, 0.05) is 24.6 Å². The fraction of sp³-hybridized carbons (Fsp3) is 0.188. The monoisotopic (exact) mass is 282 g/mol. The summed E-state index contributed by atoms with van der Waals surface area (Å²) in [5.41, 5.74) is 3.64. The molecule has 1 aromatic carbocycles. The molecule has 0 saturated heterocycles. The predicted molar refractivity (Wildman–Crippen MR) is 83.8 cm³/mol. The van der Waals surface area contributed by atoms with Gasteiger partial charge in [-0.05, 0) is 25.0 Å². The van der Waals surface area contributed by atoms with Crippen molar-refractivity contribution in [3.63, 3.8) is 0 Å². The molecule has 2 aromatic rings. The summed E-state index contributed by atoms with van der Waals surface area (Å²) >= 11 is 0. The maximum absolute atomic E-state index is 11.7. The average Bonchev–Trinajstić information content (AvgIpc) is 2.49. The first kappa shape index (κ1) is 14.7. The van der Waals surface area contributed by atoms with E-state index in [1.165, 1.54) is 12.4 Å².